The minimum atomic E-state index is -0.195. The third-order valence-electron chi connectivity index (χ3n) is 4.04. The van der Waals surface area contributed by atoms with Crippen molar-refractivity contribution in [1.82, 2.24) is 0 Å². The third-order valence-corrected chi connectivity index (χ3v) is 4.82. The molecule has 0 aliphatic carbocycles. The van der Waals surface area contributed by atoms with E-state index in [1.807, 2.05) is 0 Å². The van der Waals surface area contributed by atoms with Gasteiger partial charge in [-0.15, -0.1) is 0 Å². The van der Waals surface area contributed by atoms with Gasteiger partial charge in [-0.25, -0.2) is 4.39 Å². The van der Waals surface area contributed by atoms with Crippen molar-refractivity contribution < 1.29 is 4.39 Å². The summed E-state index contributed by atoms with van der Waals surface area (Å²) in [6.45, 7) is 2.34. The van der Waals surface area contributed by atoms with Crippen LogP contribution in [0.1, 0.15) is 23.5 Å². The summed E-state index contributed by atoms with van der Waals surface area (Å²) in [7, 11) is 0. The summed E-state index contributed by atoms with van der Waals surface area (Å²) in [6.07, 6.45) is 0.984. The van der Waals surface area contributed by atoms with Gasteiger partial charge in [0.25, 0.3) is 0 Å². The Hall–Kier alpha value is -1.39. The maximum Gasteiger partial charge on any atom is 0.123 e. The Bertz CT molecular complexity index is 644. The van der Waals surface area contributed by atoms with Crippen LogP contribution < -0.4 is 10.6 Å². The van der Waals surface area contributed by atoms with E-state index in [0.717, 1.165) is 23.0 Å². The molecule has 0 amide bonds. The highest BCUT2D eigenvalue weighted by atomic mass is 79.9. The van der Waals surface area contributed by atoms with Gasteiger partial charge in [-0.2, -0.15) is 0 Å². The van der Waals surface area contributed by atoms with Crippen LogP contribution in [0.3, 0.4) is 0 Å². The monoisotopic (exact) mass is 348 g/mol. The van der Waals surface area contributed by atoms with Crippen molar-refractivity contribution in [2.24, 2.45) is 5.73 Å². The average molecular weight is 349 g/mol. The molecule has 0 aromatic heterocycles. The molecule has 2 aromatic rings. The van der Waals surface area contributed by atoms with E-state index in [-0.39, 0.29) is 5.82 Å². The highest BCUT2D eigenvalue weighted by Crippen LogP contribution is 2.39. The molecule has 0 fully saturated rings. The van der Waals surface area contributed by atoms with Crippen LogP contribution in [-0.2, 0) is 6.54 Å². The Morgan fingerprint density at radius 1 is 1.24 bits per heavy atom. The van der Waals surface area contributed by atoms with Crippen molar-refractivity contribution in [3.05, 3.63) is 63.9 Å². The molecule has 3 rings (SSSR count). The number of hydrogen-bond donors (Lipinski definition) is 1. The van der Waals surface area contributed by atoms with Gasteiger partial charge in [-0.3, -0.25) is 0 Å². The molecule has 1 atom stereocenters. The highest BCUT2D eigenvalue weighted by Gasteiger charge is 2.27. The van der Waals surface area contributed by atoms with E-state index >= 15 is 0 Å². The molecule has 0 radical (unpaired) electrons. The maximum atomic E-state index is 13.5. The summed E-state index contributed by atoms with van der Waals surface area (Å²) in [5, 5.41) is 0. The van der Waals surface area contributed by atoms with Crippen molar-refractivity contribution in [2.75, 3.05) is 18.0 Å². The lowest BCUT2D eigenvalue weighted by molar-refractivity contribution is 0.620. The normalized spacial score (nSPS) is 17.1. The number of fused-ring (bicyclic) bond motifs is 1. The Morgan fingerprint density at radius 2 is 2.05 bits per heavy atom. The van der Waals surface area contributed by atoms with E-state index in [2.05, 4.69) is 45.1 Å². The fourth-order valence-corrected chi connectivity index (χ4v) is 3.42. The minimum absolute atomic E-state index is 0.195. The smallest absolute Gasteiger partial charge is 0.123 e. The molecule has 0 saturated carbocycles. The van der Waals surface area contributed by atoms with Crippen LogP contribution in [0.15, 0.2) is 46.9 Å². The Labute approximate surface area is 132 Å². The Balaban J connectivity index is 1.88. The SMILES string of the molecule is NCCC1CN(Cc2cc(F)ccc2Br)c2ccccc21. The van der Waals surface area contributed by atoms with E-state index in [0.29, 0.717) is 19.0 Å². The third kappa shape index (κ3) is 2.97. The number of para-hydroxylation sites is 1. The van der Waals surface area contributed by atoms with Gasteiger partial charge in [0.2, 0.25) is 0 Å². The standard InChI is InChI=1S/C17H18BrFN2/c18-16-6-5-14(19)9-13(16)11-21-10-12(7-8-20)15-3-1-2-4-17(15)21/h1-6,9,12H,7-8,10-11,20H2. The first-order valence-electron chi connectivity index (χ1n) is 7.17. The van der Waals surface area contributed by atoms with Crippen LogP contribution in [0.25, 0.3) is 0 Å². The van der Waals surface area contributed by atoms with Gasteiger partial charge in [0.05, 0.1) is 0 Å². The lowest BCUT2D eigenvalue weighted by Crippen LogP contribution is -2.22. The Kier molecular flexibility index (Phi) is 4.27. The van der Waals surface area contributed by atoms with Crippen molar-refractivity contribution in [3.8, 4) is 0 Å². The predicted octanol–water partition coefficient (Wildman–Crippen LogP) is 4.04. The molecule has 0 saturated heterocycles. The molecule has 4 heteroatoms. The van der Waals surface area contributed by atoms with Gasteiger partial charge < -0.3 is 10.6 Å². The summed E-state index contributed by atoms with van der Waals surface area (Å²) in [5.41, 5.74) is 9.30. The van der Waals surface area contributed by atoms with Gasteiger partial charge in [0.1, 0.15) is 5.82 Å². The number of nitrogens with zero attached hydrogens (tertiary/aromatic N) is 1. The molecule has 0 spiro atoms. The number of halogens is 2. The molecule has 21 heavy (non-hydrogen) atoms. The second-order valence-electron chi connectivity index (χ2n) is 5.45. The number of anilines is 1. The number of rotatable bonds is 4. The summed E-state index contributed by atoms with van der Waals surface area (Å²) >= 11 is 3.51. The van der Waals surface area contributed by atoms with Crippen LogP contribution in [0.5, 0.6) is 0 Å². The van der Waals surface area contributed by atoms with Crippen LogP contribution in [-0.4, -0.2) is 13.1 Å². The summed E-state index contributed by atoms with van der Waals surface area (Å²) in [6, 6.07) is 13.3. The zero-order valence-corrected chi connectivity index (χ0v) is 13.3. The fourth-order valence-electron chi connectivity index (χ4n) is 3.05. The molecule has 0 bridgehead atoms. The van der Waals surface area contributed by atoms with Gasteiger partial charge in [0.15, 0.2) is 0 Å². The molecule has 1 aliphatic heterocycles. The number of hydrogen-bond acceptors (Lipinski definition) is 2. The second-order valence-corrected chi connectivity index (χ2v) is 6.30. The lowest BCUT2D eigenvalue weighted by Gasteiger charge is -2.21. The van der Waals surface area contributed by atoms with Crippen LogP contribution >= 0.6 is 15.9 Å². The first kappa shape index (κ1) is 14.5. The fraction of sp³-hybridized carbons (Fsp3) is 0.294. The number of benzene rings is 2. The zero-order chi connectivity index (χ0) is 14.8. The van der Waals surface area contributed by atoms with Crippen molar-refractivity contribution in [3.63, 3.8) is 0 Å². The largest absolute Gasteiger partial charge is 0.366 e. The van der Waals surface area contributed by atoms with Gasteiger partial charge in [0, 0.05) is 29.2 Å². The highest BCUT2D eigenvalue weighted by molar-refractivity contribution is 9.10. The van der Waals surface area contributed by atoms with E-state index in [4.69, 9.17) is 5.73 Å². The molecule has 1 heterocycles. The summed E-state index contributed by atoms with van der Waals surface area (Å²) in [4.78, 5) is 2.31. The van der Waals surface area contributed by atoms with Gasteiger partial charge >= 0.3 is 0 Å². The molecular weight excluding hydrogens is 331 g/mol. The summed E-state index contributed by atoms with van der Waals surface area (Å²) < 4.78 is 14.4. The average Bonchev–Trinajstić information content (AvgIpc) is 2.82. The van der Waals surface area contributed by atoms with Crippen molar-refractivity contribution in [1.29, 1.82) is 0 Å². The second kappa shape index (κ2) is 6.16. The quantitative estimate of drug-likeness (QED) is 0.903. The predicted molar refractivity (Wildman–Crippen MR) is 88.0 cm³/mol. The zero-order valence-electron chi connectivity index (χ0n) is 11.7. The van der Waals surface area contributed by atoms with E-state index in [1.165, 1.54) is 17.3 Å². The molecule has 2 aromatic carbocycles. The molecule has 110 valence electrons. The van der Waals surface area contributed by atoms with Crippen LogP contribution in [0.2, 0.25) is 0 Å². The molecule has 1 aliphatic rings. The first-order chi connectivity index (χ1) is 10.2. The van der Waals surface area contributed by atoms with E-state index in [1.54, 1.807) is 12.1 Å². The summed E-state index contributed by atoms with van der Waals surface area (Å²) in [5.74, 6) is 0.276. The lowest BCUT2D eigenvalue weighted by atomic mass is 9.98. The van der Waals surface area contributed by atoms with Crippen molar-refractivity contribution in [2.45, 2.75) is 18.9 Å². The van der Waals surface area contributed by atoms with Crippen LogP contribution in [0.4, 0.5) is 10.1 Å². The van der Waals surface area contributed by atoms with E-state index in [9.17, 15) is 4.39 Å². The first-order valence-corrected chi connectivity index (χ1v) is 7.96. The van der Waals surface area contributed by atoms with Crippen molar-refractivity contribution >= 4 is 21.6 Å². The molecule has 2 N–H and O–H groups in total. The minimum Gasteiger partial charge on any atom is -0.366 e. The van der Waals surface area contributed by atoms with Crippen LogP contribution in [0, 0.1) is 5.82 Å². The topological polar surface area (TPSA) is 29.3 Å². The molecular formula is C17H18BrFN2. The van der Waals surface area contributed by atoms with E-state index < -0.39 is 0 Å². The Morgan fingerprint density at radius 3 is 2.86 bits per heavy atom. The molecule has 2 nitrogen and oxygen atoms in total. The van der Waals surface area contributed by atoms with Gasteiger partial charge in [-0.05, 0) is 48.4 Å². The van der Waals surface area contributed by atoms with Gasteiger partial charge in [-0.1, -0.05) is 34.1 Å². The molecule has 1 unspecified atom stereocenters. The number of nitrogens with two attached hydrogens (primary N) is 1. The maximum absolute atomic E-state index is 13.5.